The van der Waals surface area contributed by atoms with Crippen molar-refractivity contribution in [1.82, 2.24) is 4.90 Å². The van der Waals surface area contributed by atoms with Crippen molar-refractivity contribution in [2.45, 2.75) is 12.3 Å². The number of fused-ring (bicyclic) bond motifs is 1. The van der Waals surface area contributed by atoms with E-state index in [1.165, 1.54) is 25.3 Å². The number of carbonyl (C=O) groups excluding carboxylic acids is 1. The highest BCUT2D eigenvalue weighted by Gasteiger charge is 2.41. The van der Waals surface area contributed by atoms with Gasteiger partial charge in [0, 0.05) is 11.3 Å². The number of phenolic OH excluding ortho intramolecular Hbond substituents is 1. The smallest absolute Gasteiger partial charge is 0.406 e. The predicted octanol–water partition coefficient (Wildman–Crippen LogP) is 4.18. The fraction of sp³-hybridized carbons (Fsp3) is 0.235. The van der Waals surface area contributed by atoms with Gasteiger partial charge in [-0.15, -0.1) is 0 Å². The number of aromatic hydroxyl groups is 1. The molecule has 0 saturated carbocycles. The van der Waals surface area contributed by atoms with Crippen LogP contribution in [0.3, 0.4) is 0 Å². The Bertz CT molecular complexity index is 858. The number of hydrogen-bond donors (Lipinski definition) is 2. The molecule has 1 heterocycles. The summed E-state index contributed by atoms with van der Waals surface area (Å²) in [5, 5.41) is 12.7. The molecule has 5 nitrogen and oxygen atoms in total. The van der Waals surface area contributed by atoms with Crippen LogP contribution in [0.2, 0.25) is 5.02 Å². The van der Waals surface area contributed by atoms with Gasteiger partial charge in [-0.25, -0.2) is 0 Å². The first-order chi connectivity index (χ1) is 12.2. The number of ether oxygens (including phenoxy) is 1. The molecule has 0 aromatic heterocycles. The Hall–Kier alpha value is -2.61. The third-order valence-electron chi connectivity index (χ3n) is 3.96. The molecular weight excluding hydrogens is 373 g/mol. The molecule has 0 radical (unpaired) electrons. The third kappa shape index (κ3) is 3.37. The molecule has 1 aliphatic rings. The highest BCUT2D eigenvalue weighted by molar-refractivity contribution is 6.32. The van der Waals surface area contributed by atoms with Crippen LogP contribution in [0.25, 0.3) is 0 Å². The number of methoxy groups -OCH3 is 1. The molecule has 3 rings (SSSR count). The monoisotopic (exact) mass is 386 g/mol. The van der Waals surface area contributed by atoms with Crippen LogP contribution in [-0.2, 0) is 0 Å². The van der Waals surface area contributed by atoms with E-state index in [9.17, 15) is 23.1 Å². The minimum atomic E-state index is -4.59. The van der Waals surface area contributed by atoms with E-state index in [0.717, 1.165) is 0 Å². The Morgan fingerprint density at radius 2 is 2.00 bits per heavy atom. The maximum atomic E-state index is 13.1. The third-order valence-corrected chi connectivity index (χ3v) is 4.25. The Balaban J connectivity index is 2.11. The van der Waals surface area contributed by atoms with Crippen LogP contribution in [-0.4, -0.2) is 35.7 Å². The highest BCUT2D eigenvalue weighted by Crippen LogP contribution is 2.41. The van der Waals surface area contributed by atoms with Crippen LogP contribution >= 0.6 is 11.6 Å². The van der Waals surface area contributed by atoms with Crippen LogP contribution in [0, 0.1) is 0 Å². The second-order valence-electron chi connectivity index (χ2n) is 5.69. The van der Waals surface area contributed by atoms with Crippen molar-refractivity contribution in [1.29, 1.82) is 0 Å². The number of carbonyl (C=O) groups is 1. The summed E-state index contributed by atoms with van der Waals surface area (Å²) in [6.45, 7) is -1.45. The standard InChI is InChI=1S/C17H14ClF3N2O3/c1-26-13-7-9(6-11(18)14(13)24)15-22-12-5-3-2-4-10(12)16(25)23(15)8-17(19,20)21/h2-7,15,22,24H,8H2,1H3. The molecule has 0 aliphatic carbocycles. The molecule has 9 heteroatoms. The number of nitrogens with one attached hydrogen (secondary N) is 1. The summed E-state index contributed by atoms with van der Waals surface area (Å²) in [5.74, 6) is -1.10. The van der Waals surface area contributed by atoms with Gasteiger partial charge in [0.05, 0.1) is 17.7 Å². The van der Waals surface area contributed by atoms with E-state index in [1.54, 1.807) is 18.2 Å². The molecule has 2 aromatic rings. The van der Waals surface area contributed by atoms with Gasteiger partial charge < -0.3 is 20.1 Å². The summed E-state index contributed by atoms with van der Waals surface area (Å²) in [5.41, 5.74) is 0.797. The topological polar surface area (TPSA) is 61.8 Å². The lowest BCUT2D eigenvalue weighted by Crippen LogP contribution is -2.47. The minimum Gasteiger partial charge on any atom is -0.503 e. The Labute approximate surface area is 151 Å². The number of halogens is 4. The number of rotatable bonds is 3. The van der Waals surface area contributed by atoms with Gasteiger partial charge in [-0.3, -0.25) is 4.79 Å². The van der Waals surface area contributed by atoms with Crippen LogP contribution in [0.1, 0.15) is 22.1 Å². The predicted molar refractivity (Wildman–Crippen MR) is 89.6 cm³/mol. The van der Waals surface area contributed by atoms with Gasteiger partial charge in [0.1, 0.15) is 12.7 Å². The lowest BCUT2D eigenvalue weighted by Gasteiger charge is -2.38. The number of benzene rings is 2. The Morgan fingerprint density at radius 3 is 2.65 bits per heavy atom. The average Bonchev–Trinajstić information content (AvgIpc) is 2.58. The van der Waals surface area contributed by atoms with Gasteiger partial charge in [0.25, 0.3) is 5.91 Å². The van der Waals surface area contributed by atoms with E-state index in [0.29, 0.717) is 10.6 Å². The normalized spacial score (nSPS) is 16.9. The molecule has 1 aliphatic heterocycles. The van der Waals surface area contributed by atoms with Gasteiger partial charge in [-0.1, -0.05) is 23.7 Å². The number of hydrogen-bond acceptors (Lipinski definition) is 4. The van der Waals surface area contributed by atoms with Crippen molar-refractivity contribution in [3.05, 3.63) is 52.5 Å². The maximum Gasteiger partial charge on any atom is 0.406 e. The van der Waals surface area contributed by atoms with Crippen molar-refractivity contribution >= 4 is 23.2 Å². The number of anilines is 1. The largest absolute Gasteiger partial charge is 0.503 e. The molecule has 1 amide bonds. The van der Waals surface area contributed by atoms with Crippen molar-refractivity contribution < 1.29 is 27.8 Å². The van der Waals surface area contributed by atoms with Crippen LogP contribution < -0.4 is 10.1 Å². The zero-order chi connectivity index (χ0) is 19.1. The summed E-state index contributed by atoms with van der Waals surface area (Å²) in [6, 6.07) is 8.93. The number of phenols is 1. The number of para-hydroxylation sites is 1. The minimum absolute atomic E-state index is 0.00688. The SMILES string of the molecule is COc1cc(C2Nc3ccccc3C(=O)N2CC(F)(F)F)cc(Cl)c1O. The van der Waals surface area contributed by atoms with Crippen LogP contribution in [0.15, 0.2) is 36.4 Å². The maximum absolute atomic E-state index is 13.1. The molecule has 138 valence electrons. The molecule has 0 fully saturated rings. The lowest BCUT2D eigenvalue weighted by atomic mass is 10.0. The Kier molecular flexibility index (Phi) is 4.62. The van der Waals surface area contributed by atoms with Gasteiger partial charge in [0.15, 0.2) is 11.5 Å². The number of amides is 1. The lowest BCUT2D eigenvalue weighted by molar-refractivity contribution is -0.144. The quantitative estimate of drug-likeness (QED) is 0.830. The molecule has 0 saturated heterocycles. The van der Waals surface area contributed by atoms with E-state index >= 15 is 0 Å². The summed E-state index contributed by atoms with van der Waals surface area (Å²) in [6.07, 6.45) is -5.72. The molecule has 1 atom stereocenters. The summed E-state index contributed by atoms with van der Waals surface area (Å²) in [4.78, 5) is 13.3. The summed E-state index contributed by atoms with van der Waals surface area (Å²) in [7, 11) is 1.29. The second-order valence-corrected chi connectivity index (χ2v) is 6.10. The highest BCUT2D eigenvalue weighted by atomic mass is 35.5. The van der Waals surface area contributed by atoms with Crippen molar-refractivity contribution in [2.24, 2.45) is 0 Å². The fourth-order valence-corrected chi connectivity index (χ4v) is 3.04. The van der Waals surface area contributed by atoms with Crippen molar-refractivity contribution in [3.63, 3.8) is 0 Å². The van der Waals surface area contributed by atoms with Crippen molar-refractivity contribution in [3.8, 4) is 11.5 Å². The van der Waals surface area contributed by atoms with E-state index in [4.69, 9.17) is 16.3 Å². The van der Waals surface area contributed by atoms with E-state index in [-0.39, 0.29) is 27.6 Å². The number of nitrogens with zero attached hydrogens (tertiary/aromatic N) is 1. The first-order valence-corrected chi connectivity index (χ1v) is 7.88. The zero-order valence-electron chi connectivity index (χ0n) is 13.5. The van der Waals surface area contributed by atoms with E-state index in [1.807, 2.05) is 0 Å². The number of alkyl halides is 3. The van der Waals surface area contributed by atoms with Gasteiger partial charge in [-0.05, 0) is 24.3 Å². The molecule has 0 spiro atoms. The molecule has 1 unspecified atom stereocenters. The fourth-order valence-electron chi connectivity index (χ4n) is 2.82. The first-order valence-electron chi connectivity index (χ1n) is 7.51. The molecule has 2 N–H and O–H groups in total. The van der Waals surface area contributed by atoms with E-state index in [2.05, 4.69) is 5.32 Å². The van der Waals surface area contributed by atoms with Crippen molar-refractivity contribution in [2.75, 3.05) is 19.0 Å². The van der Waals surface area contributed by atoms with E-state index < -0.39 is 24.8 Å². The van der Waals surface area contributed by atoms with Crippen LogP contribution in [0.5, 0.6) is 11.5 Å². The first kappa shape index (κ1) is 18.2. The zero-order valence-corrected chi connectivity index (χ0v) is 14.2. The second kappa shape index (κ2) is 6.60. The summed E-state index contributed by atoms with van der Waals surface area (Å²) >= 11 is 5.95. The van der Waals surface area contributed by atoms with Gasteiger partial charge in [-0.2, -0.15) is 13.2 Å². The van der Waals surface area contributed by atoms with Gasteiger partial charge >= 0.3 is 6.18 Å². The van der Waals surface area contributed by atoms with Crippen LogP contribution in [0.4, 0.5) is 18.9 Å². The molecule has 0 bridgehead atoms. The Morgan fingerprint density at radius 1 is 1.31 bits per heavy atom. The van der Waals surface area contributed by atoms with Gasteiger partial charge in [0.2, 0.25) is 0 Å². The average molecular weight is 387 g/mol. The summed E-state index contributed by atoms with van der Waals surface area (Å²) < 4.78 is 44.2. The molecule has 2 aromatic carbocycles. The molecule has 26 heavy (non-hydrogen) atoms. The molecular formula is C17H14ClF3N2O3.